The number of hydrogen-bond acceptors (Lipinski definition) is 6. The molecule has 2 N–H and O–H groups in total. The van der Waals surface area contributed by atoms with Crippen LogP contribution in [0.4, 0.5) is 10.2 Å². The summed E-state index contributed by atoms with van der Waals surface area (Å²) >= 11 is 0. The molecule has 4 rings (SSSR count). The van der Waals surface area contributed by atoms with Gasteiger partial charge in [0.25, 0.3) is 0 Å². The number of anilines is 1. The van der Waals surface area contributed by atoms with E-state index in [0.29, 0.717) is 36.7 Å². The van der Waals surface area contributed by atoms with E-state index in [9.17, 15) is 0 Å². The monoisotopic (exact) mass is 435 g/mol. The third-order valence-electron chi connectivity index (χ3n) is 5.17. The number of nitrogens with two attached hydrogens (primary N) is 1. The Balaban J connectivity index is 1.40. The highest BCUT2D eigenvalue weighted by atomic mass is 19.1. The van der Waals surface area contributed by atoms with Crippen LogP contribution in [0.1, 0.15) is 17.5 Å². The zero-order valence-electron chi connectivity index (χ0n) is 17.7. The molecule has 0 aliphatic carbocycles. The maximum atomic E-state index is 15.9. The molecule has 0 spiro atoms. The standard InChI is InChI=1S/C24H26FN5O2/c25-24(15-31-13-19-7-3-1-4-8-19,16-32-14-20-9-5-2-6-10-20)11-12-30-18-29-21-22(26)27-17-28-23(21)30/h1-10,17-18H,11-16H2,(H2,26,27,28). The van der Waals surface area contributed by atoms with Crippen molar-refractivity contribution in [3.05, 3.63) is 84.4 Å². The van der Waals surface area contributed by atoms with E-state index in [-0.39, 0.29) is 19.6 Å². The summed E-state index contributed by atoms with van der Waals surface area (Å²) in [6, 6.07) is 19.4. The number of ether oxygens (including phenoxy) is 2. The van der Waals surface area contributed by atoms with Gasteiger partial charge >= 0.3 is 0 Å². The van der Waals surface area contributed by atoms with Crippen molar-refractivity contribution in [1.82, 2.24) is 19.5 Å². The number of alkyl halides is 1. The molecule has 4 aromatic rings. The fraction of sp³-hybridized carbons (Fsp3) is 0.292. The van der Waals surface area contributed by atoms with Gasteiger partial charge in [-0.05, 0) is 11.1 Å². The van der Waals surface area contributed by atoms with Gasteiger partial charge in [-0.3, -0.25) is 0 Å². The quantitative estimate of drug-likeness (QED) is 0.384. The largest absolute Gasteiger partial charge is 0.382 e. The van der Waals surface area contributed by atoms with Gasteiger partial charge in [0.1, 0.15) is 11.8 Å². The average Bonchev–Trinajstić information content (AvgIpc) is 3.24. The molecule has 0 saturated carbocycles. The minimum absolute atomic E-state index is 0.0829. The van der Waals surface area contributed by atoms with E-state index < -0.39 is 5.67 Å². The normalized spacial score (nSPS) is 11.8. The number of nitrogen functional groups attached to an aromatic ring is 1. The van der Waals surface area contributed by atoms with Crippen molar-refractivity contribution in [2.75, 3.05) is 18.9 Å². The molecule has 0 aliphatic rings. The molecule has 2 aromatic carbocycles. The van der Waals surface area contributed by atoms with Crippen molar-refractivity contribution in [2.24, 2.45) is 0 Å². The Morgan fingerprint density at radius 3 is 2.03 bits per heavy atom. The molecule has 2 aromatic heterocycles. The molecule has 0 bridgehead atoms. The second-order valence-electron chi connectivity index (χ2n) is 7.73. The molecule has 0 atom stereocenters. The van der Waals surface area contributed by atoms with E-state index >= 15 is 4.39 Å². The van der Waals surface area contributed by atoms with Crippen molar-refractivity contribution in [1.29, 1.82) is 0 Å². The van der Waals surface area contributed by atoms with Crippen molar-refractivity contribution < 1.29 is 13.9 Å². The van der Waals surface area contributed by atoms with Crippen molar-refractivity contribution in [2.45, 2.75) is 31.8 Å². The van der Waals surface area contributed by atoms with Crippen LogP contribution in [0.2, 0.25) is 0 Å². The number of rotatable bonds is 11. The molecule has 0 fully saturated rings. The van der Waals surface area contributed by atoms with E-state index in [0.717, 1.165) is 11.1 Å². The number of halogens is 1. The van der Waals surface area contributed by atoms with Crippen LogP contribution in [0.5, 0.6) is 0 Å². The van der Waals surface area contributed by atoms with Crippen LogP contribution in [0.3, 0.4) is 0 Å². The lowest BCUT2D eigenvalue weighted by atomic mass is 10.0. The molecule has 166 valence electrons. The van der Waals surface area contributed by atoms with Gasteiger partial charge in [-0.15, -0.1) is 0 Å². The third-order valence-corrected chi connectivity index (χ3v) is 5.17. The second-order valence-corrected chi connectivity index (χ2v) is 7.73. The molecule has 0 saturated heterocycles. The van der Waals surface area contributed by atoms with Crippen LogP contribution in [0.25, 0.3) is 11.2 Å². The first-order chi connectivity index (χ1) is 15.6. The van der Waals surface area contributed by atoms with E-state index in [4.69, 9.17) is 15.2 Å². The Bertz CT molecular complexity index is 1080. The van der Waals surface area contributed by atoms with Gasteiger partial charge in [-0.2, -0.15) is 0 Å². The van der Waals surface area contributed by atoms with Crippen molar-refractivity contribution >= 4 is 17.0 Å². The average molecular weight is 436 g/mol. The topological polar surface area (TPSA) is 88.1 Å². The molecule has 0 unspecified atom stereocenters. The highest BCUT2D eigenvalue weighted by molar-refractivity contribution is 5.81. The number of imidazole rings is 1. The molecular formula is C24H26FN5O2. The summed E-state index contributed by atoms with van der Waals surface area (Å²) < 4.78 is 29.2. The lowest BCUT2D eigenvalue weighted by Gasteiger charge is -2.25. The predicted molar refractivity (Wildman–Crippen MR) is 120 cm³/mol. The Labute approximate surface area is 186 Å². The van der Waals surface area contributed by atoms with Crippen molar-refractivity contribution in [3.63, 3.8) is 0 Å². The first-order valence-electron chi connectivity index (χ1n) is 10.5. The molecule has 32 heavy (non-hydrogen) atoms. The van der Waals surface area contributed by atoms with Gasteiger partial charge in [0, 0.05) is 13.0 Å². The zero-order valence-corrected chi connectivity index (χ0v) is 17.7. The Morgan fingerprint density at radius 1 is 0.844 bits per heavy atom. The second kappa shape index (κ2) is 10.3. The van der Waals surface area contributed by atoms with E-state index in [1.165, 1.54) is 6.33 Å². The van der Waals surface area contributed by atoms with Gasteiger partial charge in [-0.25, -0.2) is 19.3 Å². The van der Waals surface area contributed by atoms with Gasteiger partial charge in [0.05, 0.1) is 32.8 Å². The first kappa shape index (κ1) is 21.9. The minimum Gasteiger partial charge on any atom is -0.382 e. The molecule has 0 amide bonds. The number of hydrogen-bond donors (Lipinski definition) is 1. The van der Waals surface area contributed by atoms with E-state index in [1.807, 2.05) is 60.7 Å². The minimum atomic E-state index is -1.68. The Kier molecular flexibility index (Phi) is 7.03. The maximum absolute atomic E-state index is 15.9. The highest BCUT2D eigenvalue weighted by Crippen LogP contribution is 2.23. The highest BCUT2D eigenvalue weighted by Gasteiger charge is 2.31. The lowest BCUT2D eigenvalue weighted by Crippen LogP contribution is -2.36. The van der Waals surface area contributed by atoms with Crippen LogP contribution in [-0.2, 0) is 29.2 Å². The van der Waals surface area contributed by atoms with Crippen LogP contribution in [-0.4, -0.2) is 38.4 Å². The number of fused-ring (bicyclic) bond motifs is 1. The Morgan fingerprint density at radius 2 is 1.44 bits per heavy atom. The number of aromatic nitrogens is 4. The summed E-state index contributed by atoms with van der Waals surface area (Å²) in [6.45, 7) is 0.861. The predicted octanol–water partition coefficient (Wildman–Crippen LogP) is 3.94. The summed E-state index contributed by atoms with van der Waals surface area (Å²) in [5.74, 6) is 0.303. The smallest absolute Gasteiger partial charge is 0.165 e. The first-order valence-corrected chi connectivity index (χ1v) is 10.5. The van der Waals surface area contributed by atoms with E-state index in [1.54, 1.807) is 10.9 Å². The summed E-state index contributed by atoms with van der Waals surface area (Å²) in [6.07, 6.45) is 3.15. The van der Waals surface area contributed by atoms with Crippen LogP contribution in [0, 0.1) is 0 Å². The number of benzene rings is 2. The summed E-state index contributed by atoms with van der Waals surface area (Å²) in [4.78, 5) is 12.4. The number of aryl methyl sites for hydroxylation is 1. The van der Waals surface area contributed by atoms with Gasteiger partial charge in [0.15, 0.2) is 17.1 Å². The molecule has 8 heteroatoms. The van der Waals surface area contributed by atoms with Crippen LogP contribution < -0.4 is 5.73 Å². The maximum Gasteiger partial charge on any atom is 0.165 e. The van der Waals surface area contributed by atoms with Gasteiger partial charge in [-0.1, -0.05) is 60.7 Å². The molecule has 2 heterocycles. The fourth-order valence-corrected chi connectivity index (χ4v) is 3.42. The SMILES string of the molecule is Nc1ncnc2c1ncn2CCC(F)(COCc1ccccc1)COCc1ccccc1. The summed E-state index contributed by atoms with van der Waals surface area (Å²) in [5, 5.41) is 0. The van der Waals surface area contributed by atoms with Crippen LogP contribution in [0.15, 0.2) is 73.3 Å². The molecule has 7 nitrogen and oxygen atoms in total. The fourth-order valence-electron chi connectivity index (χ4n) is 3.42. The molecule has 0 radical (unpaired) electrons. The van der Waals surface area contributed by atoms with Gasteiger partial charge < -0.3 is 19.8 Å². The van der Waals surface area contributed by atoms with Crippen LogP contribution >= 0.6 is 0 Å². The molecule has 0 aliphatic heterocycles. The van der Waals surface area contributed by atoms with Gasteiger partial charge in [0.2, 0.25) is 0 Å². The zero-order chi connectivity index (χ0) is 22.2. The summed E-state index contributed by atoms with van der Waals surface area (Å²) in [5.41, 5.74) is 7.25. The Hall–Kier alpha value is -3.36. The summed E-state index contributed by atoms with van der Waals surface area (Å²) in [7, 11) is 0. The molecular weight excluding hydrogens is 409 g/mol. The van der Waals surface area contributed by atoms with Crippen molar-refractivity contribution in [3.8, 4) is 0 Å². The third kappa shape index (κ3) is 5.66. The lowest BCUT2D eigenvalue weighted by molar-refractivity contribution is -0.0592. The number of nitrogens with zero attached hydrogens (tertiary/aromatic N) is 4. The van der Waals surface area contributed by atoms with E-state index in [2.05, 4.69) is 15.0 Å².